The Morgan fingerprint density at radius 2 is 1.89 bits per heavy atom. The number of hydrogen-bond donors (Lipinski definition) is 1. The van der Waals surface area contributed by atoms with Crippen molar-refractivity contribution in [2.75, 3.05) is 5.32 Å². The van der Waals surface area contributed by atoms with Crippen LogP contribution in [0.1, 0.15) is 5.89 Å². The molecule has 0 aliphatic carbocycles. The number of aromatic nitrogens is 6. The molecule has 0 bridgehead atoms. The van der Waals surface area contributed by atoms with Crippen LogP contribution in [0.25, 0.3) is 28.1 Å². The molecule has 1 aromatic carbocycles. The monoisotopic (exact) mass is 371 g/mol. The summed E-state index contributed by atoms with van der Waals surface area (Å²) in [5.41, 5.74) is 1.70. The molecule has 5 aromatic rings. The Bertz CT molecular complexity index is 1390. The first-order chi connectivity index (χ1) is 13.7. The molecule has 0 saturated carbocycles. The highest BCUT2D eigenvalue weighted by Gasteiger charge is 2.17. The van der Waals surface area contributed by atoms with Gasteiger partial charge >= 0.3 is 0 Å². The minimum atomic E-state index is -0.402. The van der Waals surface area contributed by atoms with Crippen molar-refractivity contribution in [3.05, 3.63) is 71.2 Å². The van der Waals surface area contributed by atoms with E-state index in [1.807, 2.05) is 24.3 Å². The summed E-state index contributed by atoms with van der Waals surface area (Å²) in [5, 5.41) is 8.38. The van der Waals surface area contributed by atoms with Crippen LogP contribution in [-0.2, 0) is 0 Å². The largest absolute Gasteiger partial charge is 0.449 e. The van der Waals surface area contributed by atoms with Crippen molar-refractivity contribution < 1.29 is 4.42 Å². The van der Waals surface area contributed by atoms with Gasteiger partial charge in [-0.15, -0.1) is 5.10 Å². The van der Waals surface area contributed by atoms with Gasteiger partial charge in [0.15, 0.2) is 11.5 Å². The number of aryl methyl sites for hydroxylation is 1. The number of fused-ring (bicyclic) bond motifs is 3. The number of oxazole rings is 1. The number of para-hydroxylation sites is 1. The number of nitrogens with zero attached hydrogens (tertiary/aromatic N) is 6. The first-order valence-electron chi connectivity index (χ1n) is 8.49. The van der Waals surface area contributed by atoms with Crippen LogP contribution in [0.5, 0.6) is 0 Å². The van der Waals surface area contributed by atoms with Gasteiger partial charge in [-0.05, 0) is 24.3 Å². The molecule has 0 aliphatic rings. The van der Waals surface area contributed by atoms with Gasteiger partial charge in [-0.25, -0.2) is 19.9 Å². The van der Waals surface area contributed by atoms with E-state index in [0.717, 1.165) is 5.39 Å². The van der Waals surface area contributed by atoms with E-state index in [9.17, 15) is 4.79 Å². The molecule has 0 spiro atoms. The zero-order valence-corrected chi connectivity index (χ0v) is 14.7. The molecule has 9 nitrogen and oxygen atoms in total. The normalized spacial score (nSPS) is 11.2. The molecule has 0 saturated heterocycles. The molecule has 0 aliphatic heterocycles. The molecule has 28 heavy (non-hydrogen) atoms. The number of benzene rings is 1. The minimum absolute atomic E-state index is 0.281. The molecule has 0 fully saturated rings. The van der Waals surface area contributed by atoms with Crippen LogP contribution in [0.2, 0.25) is 0 Å². The number of hydrogen-bond acceptors (Lipinski definition) is 8. The molecule has 0 unspecified atom stereocenters. The highest BCUT2D eigenvalue weighted by molar-refractivity contribution is 5.93. The van der Waals surface area contributed by atoms with Crippen molar-refractivity contribution in [3.63, 3.8) is 0 Å². The molecule has 136 valence electrons. The van der Waals surface area contributed by atoms with E-state index in [1.54, 1.807) is 29.6 Å². The average Bonchev–Trinajstić information content (AvgIpc) is 3.28. The molecule has 9 heteroatoms. The highest BCUT2D eigenvalue weighted by atomic mass is 16.3. The number of anilines is 2. The second-order valence-corrected chi connectivity index (χ2v) is 6.05. The number of rotatable bonds is 3. The molecule has 0 radical (unpaired) electrons. The predicted octanol–water partition coefficient (Wildman–Crippen LogP) is 2.74. The third-order valence-electron chi connectivity index (χ3n) is 4.16. The summed E-state index contributed by atoms with van der Waals surface area (Å²) in [7, 11) is 0. The first-order valence-corrected chi connectivity index (χ1v) is 8.49. The zero-order chi connectivity index (χ0) is 19.1. The summed E-state index contributed by atoms with van der Waals surface area (Å²) < 4.78 is 6.82. The summed E-state index contributed by atoms with van der Waals surface area (Å²) >= 11 is 0. The Morgan fingerprint density at radius 1 is 1.04 bits per heavy atom. The van der Waals surface area contributed by atoms with Crippen molar-refractivity contribution in [2.24, 2.45) is 0 Å². The molecule has 1 N–H and O–H groups in total. The summed E-state index contributed by atoms with van der Waals surface area (Å²) in [5.74, 6) is 1.27. The lowest BCUT2D eigenvalue weighted by molar-refractivity contribution is 0.521. The lowest BCUT2D eigenvalue weighted by Gasteiger charge is -2.07. The lowest BCUT2D eigenvalue weighted by Crippen LogP contribution is -2.11. The van der Waals surface area contributed by atoms with E-state index in [1.165, 1.54) is 12.5 Å². The van der Waals surface area contributed by atoms with E-state index in [-0.39, 0.29) is 5.69 Å². The van der Waals surface area contributed by atoms with Crippen LogP contribution >= 0.6 is 0 Å². The topological polar surface area (TPSA) is 111 Å². The van der Waals surface area contributed by atoms with Crippen LogP contribution < -0.4 is 10.9 Å². The van der Waals surface area contributed by atoms with Crippen LogP contribution in [0.15, 0.2) is 64.1 Å². The molecular formula is C19H13N7O2. The van der Waals surface area contributed by atoms with Crippen molar-refractivity contribution in [3.8, 4) is 11.5 Å². The van der Waals surface area contributed by atoms with Gasteiger partial charge in [0.1, 0.15) is 17.6 Å². The Morgan fingerprint density at radius 3 is 2.75 bits per heavy atom. The summed E-state index contributed by atoms with van der Waals surface area (Å²) in [4.78, 5) is 29.5. The SMILES string of the molecule is Cc1nc(-c2nc3c4ccccc4nc(Nc4ccccnc4=O)n3n2)co1. The summed E-state index contributed by atoms with van der Waals surface area (Å²) in [6, 6.07) is 12.6. The average molecular weight is 371 g/mol. The fourth-order valence-electron chi connectivity index (χ4n) is 2.88. The summed E-state index contributed by atoms with van der Waals surface area (Å²) in [6.45, 7) is 1.75. The van der Waals surface area contributed by atoms with E-state index >= 15 is 0 Å². The van der Waals surface area contributed by atoms with Gasteiger partial charge in [-0.1, -0.05) is 18.2 Å². The van der Waals surface area contributed by atoms with Crippen molar-refractivity contribution in [1.82, 2.24) is 29.5 Å². The van der Waals surface area contributed by atoms with Gasteiger partial charge in [-0.2, -0.15) is 4.52 Å². The second-order valence-electron chi connectivity index (χ2n) is 6.05. The standard InChI is InChI=1S/C19H13N7O2/c1-11-21-15(10-28-11)16-24-17-12-6-2-3-7-13(12)22-19(26(17)25-16)23-14-8-4-5-9-20-18(14)27/h2-10H,1H3,(H,20,22,23,27). The molecular weight excluding hydrogens is 358 g/mol. The van der Waals surface area contributed by atoms with Gasteiger partial charge < -0.3 is 9.73 Å². The maximum Gasteiger partial charge on any atom is 0.293 e. The zero-order valence-electron chi connectivity index (χ0n) is 14.7. The molecule has 5 rings (SSSR count). The Kier molecular flexibility index (Phi) is 3.58. The Labute approximate surface area is 157 Å². The molecule has 4 heterocycles. The maximum atomic E-state index is 12.2. The quantitative estimate of drug-likeness (QED) is 0.515. The van der Waals surface area contributed by atoms with Gasteiger partial charge in [0.05, 0.1) is 5.52 Å². The fraction of sp³-hybridized carbons (Fsp3) is 0.0526. The van der Waals surface area contributed by atoms with Crippen LogP contribution in [0.3, 0.4) is 0 Å². The third-order valence-corrected chi connectivity index (χ3v) is 4.16. The van der Waals surface area contributed by atoms with Crippen LogP contribution in [0.4, 0.5) is 11.6 Å². The summed E-state index contributed by atoms with van der Waals surface area (Å²) in [6.07, 6.45) is 2.95. The van der Waals surface area contributed by atoms with Crippen molar-refractivity contribution in [2.45, 2.75) is 6.92 Å². The molecule has 0 atom stereocenters. The smallest absolute Gasteiger partial charge is 0.293 e. The number of nitrogens with one attached hydrogen (secondary N) is 1. The highest BCUT2D eigenvalue weighted by Crippen LogP contribution is 2.24. The van der Waals surface area contributed by atoms with E-state index < -0.39 is 5.56 Å². The lowest BCUT2D eigenvalue weighted by atomic mass is 10.2. The van der Waals surface area contributed by atoms with E-state index in [2.05, 4.69) is 30.4 Å². The second kappa shape index (κ2) is 6.23. The van der Waals surface area contributed by atoms with Crippen molar-refractivity contribution in [1.29, 1.82) is 0 Å². The minimum Gasteiger partial charge on any atom is -0.449 e. The van der Waals surface area contributed by atoms with Gasteiger partial charge in [0.25, 0.3) is 5.56 Å². The molecule has 0 amide bonds. The van der Waals surface area contributed by atoms with Gasteiger partial charge in [-0.3, -0.25) is 4.79 Å². The first kappa shape index (κ1) is 16.1. The third kappa shape index (κ3) is 2.65. The van der Waals surface area contributed by atoms with E-state index in [0.29, 0.717) is 34.5 Å². The van der Waals surface area contributed by atoms with Crippen LogP contribution in [-0.4, -0.2) is 29.5 Å². The molecule has 4 aromatic heterocycles. The van der Waals surface area contributed by atoms with E-state index in [4.69, 9.17) is 4.42 Å². The Hall–Kier alpha value is -4.14. The Balaban J connectivity index is 1.76. The predicted molar refractivity (Wildman–Crippen MR) is 102 cm³/mol. The van der Waals surface area contributed by atoms with Gasteiger partial charge in [0.2, 0.25) is 11.8 Å². The fourth-order valence-corrected chi connectivity index (χ4v) is 2.88. The van der Waals surface area contributed by atoms with Crippen molar-refractivity contribution >= 4 is 28.2 Å². The van der Waals surface area contributed by atoms with Crippen LogP contribution in [0, 0.1) is 6.92 Å². The van der Waals surface area contributed by atoms with Gasteiger partial charge in [0, 0.05) is 18.5 Å². The maximum absolute atomic E-state index is 12.2.